The normalized spacial score (nSPS) is 14.9. The average molecular weight is 381 g/mol. The Morgan fingerprint density at radius 2 is 1.81 bits per heavy atom. The lowest BCUT2D eigenvalue weighted by Crippen LogP contribution is -2.19. The first-order chi connectivity index (χ1) is 12.5. The Balaban J connectivity index is 3.56. The van der Waals surface area contributed by atoms with Crippen molar-refractivity contribution < 1.29 is 22.4 Å². The average Bonchev–Trinajstić information content (AvgIpc) is 2.58. The van der Waals surface area contributed by atoms with Crippen LogP contribution in [0.25, 0.3) is 5.57 Å². The summed E-state index contributed by atoms with van der Waals surface area (Å²) in [6, 6.07) is 5.33. The Kier molecular flexibility index (Phi) is 7.88. The first kappa shape index (κ1) is 22.5. The fourth-order valence-corrected chi connectivity index (χ4v) is 2.42. The van der Waals surface area contributed by atoms with Crippen molar-refractivity contribution in [1.29, 1.82) is 0 Å². The molecule has 0 radical (unpaired) electrons. The molecule has 1 aromatic carbocycles. The van der Waals surface area contributed by atoms with Crippen molar-refractivity contribution in [2.75, 3.05) is 0 Å². The van der Waals surface area contributed by atoms with Gasteiger partial charge in [0.2, 0.25) is 0 Å². The molecule has 0 fully saturated rings. The molecule has 0 unspecified atom stereocenters. The number of hydrogen-bond donors (Lipinski definition) is 0. The number of alkyl halides is 3. The second-order valence-corrected chi connectivity index (χ2v) is 6.05. The first-order valence-electron chi connectivity index (χ1n) is 8.48. The Hall–Kier alpha value is -2.50. The molecule has 0 atom stereocenters. The van der Waals surface area contributed by atoms with Gasteiger partial charge in [-0.25, -0.2) is 9.38 Å². The highest BCUT2D eigenvalue weighted by molar-refractivity contribution is 6.05. The predicted octanol–water partition coefficient (Wildman–Crippen LogP) is 6.45. The van der Waals surface area contributed by atoms with E-state index in [0.717, 1.165) is 12.1 Å². The van der Waals surface area contributed by atoms with Crippen LogP contribution in [0.15, 0.2) is 58.3 Å². The Labute approximate surface area is 157 Å². The van der Waals surface area contributed by atoms with E-state index < -0.39 is 23.3 Å². The Morgan fingerprint density at radius 1 is 1.19 bits per heavy atom. The summed E-state index contributed by atoms with van der Waals surface area (Å²) in [7, 11) is 0. The molecule has 0 amide bonds. The van der Waals surface area contributed by atoms with Crippen LogP contribution in [0.4, 0.5) is 17.6 Å². The number of nitrogens with zero attached hydrogens (tertiary/aromatic N) is 1. The summed E-state index contributed by atoms with van der Waals surface area (Å²) < 4.78 is 54.4. The number of carbonyl (C=O) groups excluding carboxylic acids is 1. The second-order valence-electron chi connectivity index (χ2n) is 6.05. The minimum atomic E-state index is -4.68. The maximum absolute atomic E-state index is 13.6. The van der Waals surface area contributed by atoms with Gasteiger partial charge in [-0.1, -0.05) is 25.1 Å². The van der Waals surface area contributed by atoms with Gasteiger partial charge in [0.15, 0.2) is 5.78 Å². The summed E-state index contributed by atoms with van der Waals surface area (Å²) >= 11 is 0. The van der Waals surface area contributed by atoms with Crippen molar-refractivity contribution in [1.82, 2.24) is 0 Å². The molecule has 0 bridgehead atoms. The third kappa shape index (κ3) is 6.31. The molecule has 1 aromatic rings. The van der Waals surface area contributed by atoms with Crippen LogP contribution in [0.2, 0.25) is 0 Å². The zero-order chi connectivity index (χ0) is 20.8. The van der Waals surface area contributed by atoms with Crippen LogP contribution in [0.5, 0.6) is 0 Å². The van der Waals surface area contributed by atoms with Crippen molar-refractivity contribution in [3.8, 4) is 0 Å². The molecular formula is C21H23F4NO. The molecule has 27 heavy (non-hydrogen) atoms. The van der Waals surface area contributed by atoms with E-state index in [1.807, 2.05) is 0 Å². The number of carbonyl (C=O) groups is 1. The maximum Gasteiger partial charge on any atom is 0.418 e. The smallest absolute Gasteiger partial charge is 0.293 e. The molecule has 1 rings (SSSR count). The van der Waals surface area contributed by atoms with Crippen molar-refractivity contribution >= 4 is 17.1 Å². The van der Waals surface area contributed by atoms with Gasteiger partial charge in [-0.05, 0) is 62.1 Å². The molecule has 0 saturated heterocycles. The lowest BCUT2D eigenvalue weighted by molar-refractivity contribution is -0.113. The number of hydrogen-bond acceptors (Lipinski definition) is 2. The van der Waals surface area contributed by atoms with E-state index >= 15 is 0 Å². The Morgan fingerprint density at radius 3 is 2.26 bits per heavy atom. The predicted molar refractivity (Wildman–Crippen MR) is 101 cm³/mol. The van der Waals surface area contributed by atoms with Gasteiger partial charge in [0.05, 0.1) is 11.3 Å². The fourth-order valence-electron chi connectivity index (χ4n) is 2.42. The van der Waals surface area contributed by atoms with Gasteiger partial charge in [-0.2, -0.15) is 13.2 Å². The standard InChI is InChI=1S/C21H23F4NO/c1-6-13(3)20(15(5)27)26-14(4)19(21(23,24)25)12-16(7-2)17-9-8-10-18(22)11-17/h7-12H,6H2,1-5H3/b16-7+,19-12+,20-13+,26-14+. The third-order valence-corrected chi connectivity index (χ3v) is 4.01. The van der Waals surface area contributed by atoms with Crippen molar-refractivity contribution in [2.45, 2.75) is 47.2 Å². The third-order valence-electron chi connectivity index (χ3n) is 4.01. The minimum Gasteiger partial charge on any atom is -0.293 e. The molecule has 0 heterocycles. The lowest BCUT2D eigenvalue weighted by atomic mass is 10.00. The number of rotatable bonds is 6. The zero-order valence-electron chi connectivity index (χ0n) is 16.0. The number of ketones is 1. The maximum atomic E-state index is 13.6. The van der Waals surface area contributed by atoms with Gasteiger partial charge < -0.3 is 0 Å². The van der Waals surface area contributed by atoms with Crippen LogP contribution in [0, 0.1) is 5.82 Å². The lowest BCUT2D eigenvalue weighted by Gasteiger charge is -2.14. The molecule has 0 aliphatic heterocycles. The van der Waals surface area contributed by atoms with Crippen LogP contribution in [-0.2, 0) is 4.79 Å². The number of halogens is 4. The summed E-state index contributed by atoms with van der Waals surface area (Å²) in [6.45, 7) is 7.51. The summed E-state index contributed by atoms with van der Waals surface area (Å²) in [5, 5.41) is 0. The van der Waals surface area contributed by atoms with E-state index in [0.29, 0.717) is 17.6 Å². The van der Waals surface area contributed by atoms with Crippen LogP contribution < -0.4 is 0 Å². The summed E-state index contributed by atoms with van der Waals surface area (Å²) in [5.41, 5.74) is -0.146. The fraction of sp³-hybridized carbons (Fsp3) is 0.333. The van der Waals surface area contributed by atoms with Gasteiger partial charge in [-0.3, -0.25) is 4.79 Å². The molecule has 0 aromatic heterocycles. The number of aliphatic imine (C=N–C) groups is 1. The number of benzene rings is 1. The van der Waals surface area contributed by atoms with E-state index in [1.54, 1.807) is 20.8 Å². The SMILES string of the molecule is C\C=C(/C=C(\C(C)=N\C(C(C)=O)=C(/C)CC)C(F)(F)F)c1cccc(F)c1. The molecule has 0 aliphatic rings. The van der Waals surface area contributed by atoms with Crippen molar-refractivity contribution in [2.24, 2.45) is 4.99 Å². The van der Waals surface area contributed by atoms with Gasteiger partial charge in [0.1, 0.15) is 11.5 Å². The Bertz CT molecular complexity index is 827. The highest BCUT2D eigenvalue weighted by Gasteiger charge is 2.36. The molecule has 0 saturated carbocycles. The molecular weight excluding hydrogens is 358 g/mol. The number of Topliss-reactive ketones (excluding diaryl/α,β-unsaturated/α-hetero) is 1. The van der Waals surface area contributed by atoms with Crippen LogP contribution in [0.1, 0.15) is 46.6 Å². The van der Waals surface area contributed by atoms with Gasteiger partial charge in [-0.15, -0.1) is 0 Å². The van der Waals surface area contributed by atoms with E-state index in [2.05, 4.69) is 4.99 Å². The van der Waals surface area contributed by atoms with E-state index in [4.69, 9.17) is 0 Å². The molecule has 146 valence electrons. The summed E-state index contributed by atoms with van der Waals surface area (Å²) in [6.07, 6.45) is -1.79. The molecule has 0 spiro atoms. The second kappa shape index (κ2) is 9.44. The molecule has 2 nitrogen and oxygen atoms in total. The monoisotopic (exact) mass is 381 g/mol. The van der Waals surface area contributed by atoms with Crippen LogP contribution >= 0.6 is 0 Å². The van der Waals surface area contributed by atoms with Crippen molar-refractivity contribution in [3.05, 3.63) is 64.6 Å². The molecule has 0 N–H and O–H groups in total. The molecule has 6 heteroatoms. The topological polar surface area (TPSA) is 29.4 Å². The first-order valence-corrected chi connectivity index (χ1v) is 8.48. The summed E-state index contributed by atoms with van der Waals surface area (Å²) in [4.78, 5) is 15.7. The van der Waals surface area contributed by atoms with Gasteiger partial charge >= 0.3 is 6.18 Å². The van der Waals surface area contributed by atoms with Gasteiger partial charge in [0.25, 0.3) is 0 Å². The largest absolute Gasteiger partial charge is 0.418 e. The summed E-state index contributed by atoms with van der Waals surface area (Å²) in [5.74, 6) is -0.939. The highest BCUT2D eigenvalue weighted by Crippen LogP contribution is 2.31. The van der Waals surface area contributed by atoms with Crippen LogP contribution in [0.3, 0.4) is 0 Å². The van der Waals surface area contributed by atoms with Crippen LogP contribution in [-0.4, -0.2) is 17.7 Å². The number of allylic oxidation sites excluding steroid dienone is 6. The zero-order valence-corrected chi connectivity index (χ0v) is 16.0. The van der Waals surface area contributed by atoms with Gasteiger partial charge in [0, 0.05) is 6.92 Å². The van der Waals surface area contributed by atoms with Crippen molar-refractivity contribution in [3.63, 3.8) is 0 Å². The minimum absolute atomic E-state index is 0.0259. The quantitative estimate of drug-likeness (QED) is 0.241. The highest BCUT2D eigenvalue weighted by atomic mass is 19.4. The van der Waals surface area contributed by atoms with E-state index in [9.17, 15) is 22.4 Å². The van der Waals surface area contributed by atoms with E-state index in [1.165, 1.54) is 38.1 Å². The molecule has 0 aliphatic carbocycles. The van der Waals surface area contributed by atoms with E-state index in [-0.39, 0.29) is 17.0 Å².